The van der Waals surface area contributed by atoms with Gasteiger partial charge < -0.3 is 9.47 Å². The van der Waals surface area contributed by atoms with Gasteiger partial charge >= 0.3 is 12.2 Å². The molecule has 0 aromatic heterocycles. The second-order valence-corrected chi connectivity index (χ2v) is 11.1. The lowest BCUT2D eigenvalue weighted by Crippen LogP contribution is -2.27. The van der Waals surface area contributed by atoms with Crippen LogP contribution < -0.4 is 10.6 Å². The van der Waals surface area contributed by atoms with Crippen molar-refractivity contribution in [2.45, 2.75) is 117 Å². The summed E-state index contributed by atoms with van der Waals surface area (Å²) in [7, 11) is 3.91. The lowest BCUT2D eigenvalue weighted by molar-refractivity contribution is 0.0919. The highest BCUT2D eigenvalue weighted by molar-refractivity contribution is 5.88. The van der Waals surface area contributed by atoms with Crippen molar-refractivity contribution in [3.05, 3.63) is 24.3 Å². The van der Waals surface area contributed by atoms with Crippen LogP contribution >= 0.6 is 0 Å². The smallest absolute Gasteiger partial charge is 0.412 e. The summed E-state index contributed by atoms with van der Waals surface area (Å²) in [5.74, 6) is 0. The van der Waals surface area contributed by atoms with Crippen LogP contribution in [-0.2, 0) is 9.47 Å². The molecule has 2 N–H and O–H groups in total. The first-order valence-corrected chi connectivity index (χ1v) is 15.8. The van der Waals surface area contributed by atoms with E-state index in [4.69, 9.17) is 9.47 Å². The van der Waals surface area contributed by atoms with Crippen molar-refractivity contribution in [2.75, 3.05) is 51.3 Å². The third-order valence-corrected chi connectivity index (χ3v) is 6.97. The standard InChI is InChI=1S/C32H58N4O4/c1-5-7-9-11-13-15-17-19-24-35(3)27-39-31(37)33-29-22-21-23-30(26-29)34-32(38)40-28-36(4)25-20-18-16-14-12-10-8-6-2/h21-23,26H,5-20,24-25,27-28H2,1-4H3,(H,33,37)(H,34,38). The van der Waals surface area contributed by atoms with E-state index in [2.05, 4.69) is 24.5 Å². The molecule has 0 spiro atoms. The largest absolute Gasteiger partial charge is 0.433 e. The van der Waals surface area contributed by atoms with Crippen molar-refractivity contribution in [3.63, 3.8) is 0 Å². The van der Waals surface area contributed by atoms with Gasteiger partial charge in [-0.2, -0.15) is 0 Å². The van der Waals surface area contributed by atoms with Gasteiger partial charge in [-0.15, -0.1) is 0 Å². The average molecular weight is 563 g/mol. The molecule has 1 rings (SSSR count). The number of ether oxygens (including phenoxy) is 2. The normalized spacial score (nSPS) is 11.2. The predicted molar refractivity (Wildman–Crippen MR) is 167 cm³/mol. The van der Waals surface area contributed by atoms with E-state index < -0.39 is 12.2 Å². The van der Waals surface area contributed by atoms with Crippen LogP contribution in [0.2, 0.25) is 0 Å². The van der Waals surface area contributed by atoms with Crippen LogP contribution in [-0.4, -0.2) is 62.6 Å². The average Bonchev–Trinajstić information content (AvgIpc) is 2.94. The van der Waals surface area contributed by atoms with E-state index in [9.17, 15) is 9.59 Å². The molecule has 0 saturated carbocycles. The highest BCUT2D eigenvalue weighted by Crippen LogP contribution is 2.16. The first-order chi connectivity index (χ1) is 19.4. The Bertz CT molecular complexity index is 718. The van der Waals surface area contributed by atoms with E-state index in [0.29, 0.717) is 11.4 Å². The van der Waals surface area contributed by atoms with Crippen LogP contribution in [0.4, 0.5) is 21.0 Å². The van der Waals surface area contributed by atoms with Gasteiger partial charge in [0, 0.05) is 24.5 Å². The minimum atomic E-state index is -0.523. The molecule has 8 heteroatoms. The zero-order valence-electron chi connectivity index (χ0n) is 26.0. The first-order valence-electron chi connectivity index (χ1n) is 15.8. The fourth-order valence-electron chi connectivity index (χ4n) is 4.48. The van der Waals surface area contributed by atoms with Gasteiger partial charge in [-0.05, 0) is 45.1 Å². The van der Waals surface area contributed by atoms with Crippen molar-refractivity contribution in [1.82, 2.24) is 9.80 Å². The maximum atomic E-state index is 12.2. The van der Waals surface area contributed by atoms with Crippen LogP contribution in [0.1, 0.15) is 117 Å². The van der Waals surface area contributed by atoms with Gasteiger partial charge in [0.1, 0.15) is 13.5 Å². The van der Waals surface area contributed by atoms with E-state index in [1.165, 1.54) is 89.9 Å². The Kier molecular flexibility index (Phi) is 21.8. The molecule has 0 unspecified atom stereocenters. The number of nitrogens with one attached hydrogen (secondary N) is 2. The lowest BCUT2D eigenvalue weighted by atomic mass is 10.1. The number of hydrogen-bond donors (Lipinski definition) is 2. The molecule has 1 aromatic rings. The molecule has 0 saturated heterocycles. The Morgan fingerprint density at radius 1 is 0.600 bits per heavy atom. The van der Waals surface area contributed by atoms with Crippen LogP contribution in [0, 0.1) is 0 Å². The molecule has 0 radical (unpaired) electrons. The molecule has 230 valence electrons. The zero-order valence-corrected chi connectivity index (χ0v) is 26.0. The van der Waals surface area contributed by atoms with Gasteiger partial charge in [-0.25, -0.2) is 9.59 Å². The molecule has 8 nitrogen and oxygen atoms in total. The minimum Gasteiger partial charge on any atom is -0.433 e. The van der Waals surface area contributed by atoms with Crippen LogP contribution in [0.15, 0.2) is 24.3 Å². The van der Waals surface area contributed by atoms with E-state index >= 15 is 0 Å². The quantitative estimate of drug-likeness (QED) is 0.0967. The van der Waals surface area contributed by atoms with Gasteiger partial charge in [-0.3, -0.25) is 20.4 Å². The Balaban J connectivity index is 2.17. The topological polar surface area (TPSA) is 83.1 Å². The molecule has 2 amide bonds. The molecule has 0 aliphatic rings. The van der Waals surface area contributed by atoms with Crippen LogP contribution in [0.25, 0.3) is 0 Å². The lowest BCUT2D eigenvalue weighted by Gasteiger charge is -2.17. The Hall–Kier alpha value is -2.32. The summed E-state index contributed by atoms with van der Waals surface area (Å²) in [6.07, 6.45) is 19.4. The van der Waals surface area contributed by atoms with E-state index in [1.54, 1.807) is 24.3 Å². The van der Waals surface area contributed by atoms with Gasteiger partial charge in [0.15, 0.2) is 0 Å². The second kappa shape index (κ2) is 24.5. The number of nitrogens with zero attached hydrogens (tertiary/aromatic N) is 2. The fraction of sp³-hybridized carbons (Fsp3) is 0.750. The molecule has 0 atom stereocenters. The fourth-order valence-corrected chi connectivity index (χ4v) is 4.48. The Morgan fingerprint density at radius 3 is 1.32 bits per heavy atom. The van der Waals surface area contributed by atoms with E-state index in [1.807, 2.05) is 23.9 Å². The monoisotopic (exact) mass is 562 g/mol. The number of carbonyl (C=O) groups excluding carboxylic acids is 2. The molecule has 0 heterocycles. The van der Waals surface area contributed by atoms with Gasteiger partial charge in [0.05, 0.1) is 0 Å². The summed E-state index contributed by atoms with van der Waals surface area (Å²) in [5.41, 5.74) is 1.08. The highest BCUT2D eigenvalue weighted by atomic mass is 16.6. The van der Waals surface area contributed by atoms with Crippen LogP contribution in [0.3, 0.4) is 0 Å². The van der Waals surface area contributed by atoms with E-state index in [0.717, 1.165) is 25.9 Å². The zero-order chi connectivity index (χ0) is 29.3. The maximum Gasteiger partial charge on any atom is 0.412 e. The summed E-state index contributed by atoms with van der Waals surface area (Å²) in [4.78, 5) is 28.5. The molecule has 0 fully saturated rings. The summed E-state index contributed by atoms with van der Waals surface area (Å²) >= 11 is 0. The van der Waals surface area contributed by atoms with Crippen molar-refractivity contribution < 1.29 is 19.1 Å². The molecule has 1 aromatic carbocycles. The molecule has 0 aliphatic carbocycles. The van der Waals surface area contributed by atoms with Crippen molar-refractivity contribution in [1.29, 1.82) is 0 Å². The number of amides is 2. The summed E-state index contributed by atoms with van der Waals surface area (Å²) in [6.45, 7) is 6.75. The number of rotatable bonds is 24. The van der Waals surface area contributed by atoms with Gasteiger partial charge in [0.2, 0.25) is 0 Å². The Morgan fingerprint density at radius 2 is 0.950 bits per heavy atom. The third-order valence-electron chi connectivity index (χ3n) is 6.97. The Labute approximate surface area is 244 Å². The van der Waals surface area contributed by atoms with Crippen molar-refractivity contribution in [3.8, 4) is 0 Å². The second-order valence-electron chi connectivity index (χ2n) is 11.1. The molecular weight excluding hydrogens is 504 g/mol. The third kappa shape index (κ3) is 20.6. The number of carbonyl (C=O) groups is 2. The number of hydrogen-bond acceptors (Lipinski definition) is 6. The van der Waals surface area contributed by atoms with Gasteiger partial charge in [-0.1, -0.05) is 110 Å². The van der Waals surface area contributed by atoms with Crippen molar-refractivity contribution >= 4 is 23.6 Å². The van der Waals surface area contributed by atoms with Crippen molar-refractivity contribution in [2.24, 2.45) is 0 Å². The molecule has 0 aliphatic heterocycles. The summed E-state index contributed by atoms with van der Waals surface area (Å²) in [6, 6.07) is 6.93. The molecular formula is C32H58N4O4. The molecule has 40 heavy (non-hydrogen) atoms. The van der Waals surface area contributed by atoms with Gasteiger partial charge in [0.25, 0.3) is 0 Å². The number of anilines is 2. The summed E-state index contributed by atoms with van der Waals surface area (Å²) in [5, 5.41) is 5.44. The summed E-state index contributed by atoms with van der Waals surface area (Å²) < 4.78 is 10.7. The SMILES string of the molecule is CCCCCCCCCCN(C)COC(=O)Nc1cccc(NC(=O)OCN(C)CCCCCCCCCC)c1. The minimum absolute atomic E-state index is 0.235. The van der Waals surface area contributed by atoms with E-state index in [-0.39, 0.29) is 13.5 Å². The maximum absolute atomic E-state index is 12.2. The number of unbranched alkanes of at least 4 members (excludes halogenated alkanes) is 14. The predicted octanol–water partition coefficient (Wildman–Crippen LogP) is 8.84. The van der Waals surface area contributed by atoms with Crippen LogP contribution in [0.5, 0.6) is 0 Å². The highest BCUT2D eigenvalue weighted by Gasteiger charge is 2.09. The number of benzene rings is 1. The first kappa shape index (κ1) is 35.7. The molecule has 0 bridgehead atoms.